The fourth-order valence-corrected chi connectivity index (χ4v) is 2.70. The molecule has 1 unspecified atom stereocenters. The van der Waals surface area contributed by atoms with Gasteiger partial charge >= 0.3 is 0 Å². The van der Waals surface area contributed by atoms with Gasteiger partial charge in [0, 0.05) is 12.2 Å². The smallest absolute Gasteiger partial charge is 0.124 e. The number of anilines is 1. The number of nitrogens with one attached hydrogen (secondary N) is 1. The SMILES string of the molecule is CC(Nc1cccnc1C(N)=S)C1CCCC1. The predicted molar refractivity (Wildman–Crippen MR) is 75.2 cm³/mol. The van der Waals surface area contributed by atoms with Crippen LogP contribution in [0.3, 0.4) is 0 Å². The van der Waals surface area contributed by atoms with E-state index in [0.29, 0.717) is 16.7 Å². The average molecular weight is 249 g/mol. The van der Waals surface area contributed by atoms with Gasteiger partial charge in [-0.3, -0.25) is 4.98 Å². The fraction of sp³-hybridized carbons (Fsp3) is 0.538. The van der Waals surface area contributed by atoms with Gasteiger partial charge in [-0.25, -0.2) is 0 Å². The summed E-state index contributed by atoms with van der Waals surface area (Å²) < 4.78 is 0. The van der Waals surface area contributed by atoms with Crippen molar-refractivity contribution in [1.29, 1.82) is 0 Å². The summed E-state index contributed by atoms with van der Waals surface area (Å²) in [7, 11) is 0. The Morgan fingerprint density at radius 1 is 1.53 bits per heavy atom. The minimum atomic E-state index is 0.353. The van der Waals surface area contributed by atoms with Gasteiger partial charge < -0.3 is 11.1 Å². The van der Waals surface area contributed by atoms with Crippen molar-refractivity contribution in [2.75, 3.05) is 5.32 Å². The lowest BCUT2D eigenvalue weighted by Crippen LogP contribution is -2.26. The third-order valence-electron chi connectivity index (χ3n) is 3.53. The molecule has 0 radical (unpaired) electrons. The number of hydrogen-bond acceptors (Lipinski definition) is 3. The largest absolute Gasteiger partial charge is 0.388 e. The minimum Gasteiger partial charge on any atom is -0.388 e. The first-order chi connectivity index (χ1) is 8.18. The molecule has 92 valence electrons. The van der Waals surface area contributed by atoms with Crippen LogP contribution < -0.4 is 11.1 Å². The van der Waals surface area contributed by atoms with E-state index in [-0.39, 0.29) is 0 Å². The Morgan fingerprint density at radius 2 is 2.24 bits per heavy atom. The molecule has 0 bridgehead atoms. The van der Waals surface area contributed by atoms with Crippen LogP contribution in [0.4, 0.5) is 5.69 Å². The third kappa shape index (κ3) is 2.94. The number of nitrogens with zero attached hydrogens (tertiary/aromatic N) is 1. The molecule has 3 nitrogen and oxygen atoms in total. The molecular formula is C13H19N3S. The molecule has 1 fully saturated rings. The lowest BCUT2D eigenvalue weighted by atomic mass is 9.99. The number of thiocarbonyl (C=S) groups is 1. The summed E-state index contributed by atoms with van der Waals surface area (Å²) in [6, 6.07) is 4.35. The first kappa shape index (κ1) is 12.3. The Kier molecular flexibility index (Phi) is 3.94. The van der Waals surface area contributed by atoms with Gasteiger partial charge in [0.25, 0.3) is 0 Å². The van der Waals surface area contributed by atoms with E-state index in [2.05, 4.69) is 17.2 Å². The monoisotopic (exact) mass is 249 g/mol. The van der Waals surface area contributed by atoms with Crippen LogP contribution in [0.25, 0.3) is 0 Å². The maximum absolute atomic E-state index is 5.67. The van der Waals surface area contributed by atoms with E-state index in [1.165, 1.54) is 25.7 Å². The summed E-state index contributed by atoms with van der Waals surface area (Å²) in [5.41, 5.74) is 7.33. The highest BCUT2D eigenvalue weighted by molar-refractivity contribution is 7.80. The number of pyridine rings is 1. The molecule has 0 saturated heterocycles. The molecule has 0 aliphatic heterocycles. The van der Waals surface area contributed by atoms with Crippen molar-refractivity contribution >= 4 is 22.9 Å². The van der Waals surface area contributed by atoms with E-state index in [0.717, 1.165) is 11.6 Å². The highest BCUT2D eigenvalue weighted by Gasteiger charge is 2.22. The molecule has 3 N–H and O–H groups in total. The molecule has 1 atom stereocenters. The fourth-order valence-electron chi connectivity index (χ4n) is 2.54. The van der Waals surface area contributed by atoms with E-state index < -0.39 is 0 Å². The summed E-state index contributed by atoms with van der Waals surface area (Å²) in [4.78, 5) is 4.58. The van der Waals surface area contributed by atoms with Crippen LogP contribution in [-0.4, -0.2) is 16.0 Å². The van der Waals surface area contributed by atoms with Crippen LogP contribution in [0, 0.1) is 5.92 Å². The van der Waals surface area contributed by atoms with E-state index in [1.54, 1.807) is 6.20 Å². The Hall–Kier alpha value is -1.16. The molecule has 1 aromatic rings. The van der Waals surface area contributed by atoms with Gasteiger partial charge in [-0.1, -0.05) is 25.1 Å². The Bertz CT molecular complexity index is 399. The van der Waals surface area contributed by atoms with Crippen LogP contribution in [-0.2, 0) is 0 Å². The van der Waals surface area contributed by atoms with Crippen molar-refractivity contribution in [3.63, 3.8) is 0 Å². The van der Waals surface area contributed by atoms with Crippen LogP contribution in [0.1, 0.15) is 38.3 Å². The van der Waals surface area contributed by atoms with Crippen molar-refractivity contribution < 1.29 is 0 Å². The van der Waals surface area contributed by atoms with Crippen LogP contribution in [0.2, 0.25) is 0 Å². The van der Waals surface area contributed by atoms with Gasteiger partial charge in [-0.2, -0.15) is 0 Å². The van der Waals surface area contributed by atoms with Gasteiger partial charge in [-0.05, 0) is 37.8 Å². The van der Waals surface area contributed by atoms with Gasteiger partial charge in [0.15, 0.2) is 0 Å². The molecule has 0 spiro atoms. The maximum atomic E-state index is 5.67. The van der Waals surface area contributed by atoms with E-state index in [1.807, 2.05) is 12.1 Å². The number of aromatic nitrogens is 1. The van der Waals surface area contributed by atoms with E-state index >= 15 is 0 Å². The van der Waals surface area contributed by atoms with Gasteiger partial charge in [0.05, 0.1) is 5.69 Å². The molecular weight excluding hydrogens is 230 g/mol. The van der Waals surface area contributed by atoms with E-state index in [4.69, 9.17) is 18.0 Å². The Morgan fingerprint density at radius 3 is 2.88 bits per heavy atom. The summed E-state index contributed by atoms with van der Waals surface area (Å²) >= 11 is 5.01. The Balaban J connectivity index is 2.09. The molecule has 1 heterocycles. The van der Waals surface area contributed by atoms with Crippen molar-refractivity contribution in [3.05, 3.63) is 24.0 Å². The van der Waals surface area contributed by atoms with Gasteiger partial charge in [0.2, 0.25) is 0 Å². The average Bonchev–Trinajstić information content (AvgIpc) is 2.83. The van der Waals surface area contributed by atoms with Crippen molar-refractivity contribution in [2.45, 2.75) is 38.6 Å². The number of nitrogens with two attached hydrogens (primary N) is 1. The lowest BCUT2D eigenvalue weighted by molar-refractivity contribution is 0.482. The molecule has 4 heteroatoms. The molecule has 1 saturated carbocycles. The molecule has 0 amide bonds. The van der Waals surface area contributed by atoms with Crippen molar-refractivity contribution in [1.82, 2.24) is 4.98 Å². The zero-order valence-electron chi connectivity index (χ0n) is 10.1. The summed E-state index contributed by atoms with van der Waals surface area (Å²) in [6.07, 6.45) is 7.06. The zero-order valence-corrected chi connectivity index (χ0v) is 11.0. The first-order valence-corrected chi connectivity index (χ1v) is 6.60. The lowest BCUT2D eigenvalue weighted by Gasteiger charge is -2.22. The molecule has 17 heavy (non-hydrogen) atoms. The molecule has 1 aliphatic carbocycles. The van der Waals surface area contributed by atoms with E-state index in [9.17, 15) is 0 Å². The van der Waals surface area contributed by atoms with Gasteiger partial charge in [-0.15, -0.1) is 0 Å². The maximum Gasteiger partial charge on any atom is 0.124 e. The summed E-state index contributed by atoms with van der Waals surface area (Å²) in [5.74, 6) is 0.759. The number of rotatable bonds is 4. The van der Waals surface area contributed by atoms with Crippen LogP contribution in [0.5, 0.6) is 0 Å². The second kappa shape index (κ2) is 5.45. The summed E-state index contributed by atoms with van der Waals surface area (Å²) in [6.45, 7) is 2.23. The van der Waals surface area contributed by atoms with Crippen LogP contribution in [0.15, 0.2) is 18.3 Å². The summed E-state index contributed by atoms with van der Waals surface area (Å²) in [5, 5.41) is 3.50. The quantitative estimate of drug-likeness (QED) is 0.806. The first-order valence-electron chi connectivity index (χ1n) is 6.20. The zero-order chi connectivity index (χ0) is 12.3. The van der Waals surface area contributed by atoms with Crippen molar-refractivity contribution in [3.8, 4) is 0 Å². The second-order valence-corrected chi connectivity index (χ2v) is 5.18. The second-order valence-electron chi connectivity index (χ2n) is 4.74. The topological polar surface area (TPSA) is 50.9 Å². The minimum absolute atomic E-state index is 0.353. The molecule has 0 aromatic carbocycles. The number of hydrogen-bond donors (Lipinski definition) is 2. The highest BCUT2D eigenvalue weighted by Crippen LogP contribution is 2.29. The third-order valence-corrected chi connectivity index (χ3v) is 3.72. The molecule has 1 aliphatic rings. The molecule has 1 aromatic heterocycles. The predicted octanol–water partition coefficient (Wildman–Crippen LogP) is 2.71. The van der Waals surface area contributed by atoms with Gasteiger partial charge in [0.1, 0.15) is 10.7 Å². The van der Waals surface area contributed by atoms with Crippen LogP contribution >= 0.6 is 12.2 Å². The normalized spacial score (nSPS) is 17.9. The van der Waals surface area contributed by atoms with Crippen molar-refractivity contribution in [2.24, 2.45) is 11.7 Å². The molecule has 2 rings (SSSR count). The standard InChI is InChI=1S/C13H19N3S/c1-9(10-5-2-3-6-10)16-11-7-4-8-15-12(11)13(14)17/h4,7-10,16H,2-3,5-6H2,1H3,(H2,14,17). The Labute approximate surface area is 108 Å². The highest BCUT2D eigenvalue weighted by atomic mass is 32.1.